The Bertz CT molecular complexity index is 578. The van der Waals surface area contributed by atoms with Crippen molar-refractivity contribution in [1.29, 1.82) is 0 Å². The maximum absolute atomic E-state index is 13.4. The van der Waals surface area contributed by atoms with Gasteiger partial charge in [0.05, 0.1) is 19.4 Å². The third kappa shape index (κ3) is 5.47. The normalized spacial score (nSPS) is 11.6. The van der Waals surface area contributed by atoms with Crippen molar-refractivity contribution in [1.82, 2.24) is 5.32 Å². The van der Waals surface area contributed by atoms with Crippen LogP contribution in [0.5, 0.6) is 0 Å². The van der Waals surface area contributed by atoms with E-state index >= 15 is 0 Å². The standard InChI is InChI=1S/C14H16F2N2O4/c1-2-22-13(20)7-11(14(17)21)18-12(19)5-8-3-4-9(15)6-10(8)16/h3-4,6,11H,2,5,7H2,1H3,(H2,17,21)(H,18,19)/t11-/m0/s1. The van der Waals surface area contributed by atoms with Crippen LogP contribution in [0.4, 0.5) is 8.78 Å². The number of primary amides is 1. The Kier molecular flexibility index (Phi) is 6.43. The van der Waals surface area contributed by atoms with Gasteiger partial charge in [0.15, 0.2) is 0 Å². The van der Waals surface area contributed by atoms with Gasteiger partial charge in [0.1, 0.15) is 17.7 Å². The third-order valence-corrected chi connectivity index (χ3v) is 2.72. The Morgan fingerprint density at radius 1 is 1.32 bits per heavy atom. The van der Waals surface area contributed by atoms with Crippen molar-refractivity contribution in [3.8, 4) is 0 Å². The first-order valence-corrected chi connectivity index (χ1v) is 6.51. The number of nitrogens with one attached hydrogen (secondary N) is 1. The van der Waals surface area contributed by atoms with Gasteiger partial charge in [-0.15, -0.1) is 0 Å². The Labute approximate surface area is 125 Å². The van der Waals surface area contributed by atoms with Crippen LogP contribution in [-0.2, 0) is 25.5 Å². The predicted molar refractivity (Wildman–Crippen MR) is 72.4 cm³/mol. The summed E-state index contributed by atoms with van der Waals surface area (Å²) in [4.78, 5) is 34.3. The van der Waals surface area contributed by atoms with Gasteiger partial charge in [-0.05, 0) is 18.6 Å². The van der Waals surface area contributed by atoms with Crippen molar-refractivity contribution in [2.24, 2.45) is 5.73 Å². The van der Waals surface area contributed by atoms with Crippen LogP contribution in [0, 0.1) is 11.6 Å². The molecule has 8 heteroatoms. The zero-order valence-electron chi connectivity index (χ0n) is 11.9. The minimum absolute atomic E-state index is 0.0433. The first kappa shape index (κ1) is 17.5. The van der Waals surface area contributed by atoms with E-state index < -0.39 is 48.3 Å². The molecular formula is C14H16F2N2O4. The molecule has 0 bridgehead atoms. The molecule has 0 heterocycles. The van der Waals surface area contributed by atoms with Gasteiger partial charge >= 0.3 is 5.97 Å². The van der Waals surface area contributed by atoms with Crippen LogP contribution in [-0.4, -0.2) is 30.4 Å². The molecule has 0 unspecified atom stereocenters. The fourth-order valence-electron chi connectivity index (χ4n) is 1.69. The number of esters is 1. The third-order valence-electron chi connectivity index (χ3n) is 2.72. The number of carbonyl (C=O) groups is 3. The molecule has 0 aromatic heterocycles. The SMILES string of the molecule is CCOC(=O)C[C@H](NC(=O)Cc1ccc(F)cc1F)C(N)=O. The van der Waals surface area contributed by atoms with Crippen molar-refractivity contribution >= 4 is 17.8 Å². The minimum atomic E-state index is -1.25. The van der Waals surface area contributed by atoms with Crippen molar-refractivity contribution in [2.45, 2.75) is 25.8 Å². The second kappa shape index (κ2) is 8.06. The molecule has 1 atom stereocenters. The monoisotopic (exact) mass is 314 g/mol. The van der Waals surface area contributed by atoms with Gasteiger partial charge in [0.25, 0.3) is 0 Å². The van der Waals surface area contributed by atoms with E-state index in [1.807, 2.05) is 0 Å². The smallest absolute Gasteiger partial charge is 0.308 e. The number of hydrogen-bond donors (Lipinski definition) is 2. The lowest BCUT2D eigenvalue weighted by Gasteiger charge is -2.14. The highest BCUT2D eigenvalue weighted by atomic mass is 19.1. The van der Waals surface area contributed by atoms with Crippen LogP contribution in [0.3, 0.4) is 0 Å². The zero-order valence-corrected chi connectivity index (χ0v) is 11.9. The first-order chi connectivity index (χ1) is 10.3. The number of benzene rings is 1. The van der Waals surface area contributed by atoms with Crippen LogP contribution in [0.2, 0.25) is 0 Å². The molecule has 1 rings (SSSR count). The van der Waals surface area contributed by atoms with Crippen molar-refractivity contribution in [3.05, 3.63) is 35.4 Å². The quantitative estimate of drug-likeness (QED) is 0.713. The Hall–Kier alpha value is -2.51. The van der Waals surface area contributed by atoms with Gasteiger partial charge in [-0.2, -0.15) is 0 Å². The lowest BCUT2D eigenvalue weighted by molar-refractivity contribution is -0.145. The molecule has 0 spiro atoms. The number of halogens is 2. The summed E-state index contributed by atoms with van der Waals surface area (Å²) in [6, 6.07) is 1.52. The van der Waals surface area contributed by atoms with E-state index in [1.165, 1.54) is 0 Å². The number of rotatable bonds is 7. The molecule has 0 radical (unpaired) electrons. The molecule has 1 aromatic rings. The topological polar surface area (TPSA) is 98.5 Å². The van der Waals surface area contributed by atoms with Gasteiger partial charge in [-0.1, -0.05) is 6.07 Å². The van der Waals surface area contributed by atoms with Gasteiger partial charge < -0.3 is 15.8 Å². The molecule has 0 aliphatic heterocycles. The van der Waals surface area contributed by atoms with E-state index in [4.69, 9.17) is 5.73 Å². The highest BCUT2D eigenvalue weighted by Crippen LogP contribution is 2.10. The molecule has 0 aliphatic carbocycles. The second-order valence-electron chi connectivity index (χ2n) is 4.44. The first-order valence-electron chi connectivity index (χ1n) is 6.51. The van der Waals surface area contributed by atoms with E-state index in [-0.39, 0.29) is 12.2 Å². The summed E-state index contributed by atoms with van der Waals surface area (Å²) in [7, 11) is 0. The number of carbonyl (C=O) groups excluding carboxylic acids is 3. The van der Waals surface area contributed by atoms with E-state index in [1.54, 1.807) is 6.92 Å². The summed E-state index contributed by atoms with van der Waals surface area (Å²) in [5.41, 5.74) is 5.04. The van der Waals surface area contributed by atoms with Crippen molar-refractivity contribution in [2.75, 3.05) is 6.61 Å². The number of nitrogens with two attached hydrogens (primary N) is 1. The molecular weight excluding hydrogens is 298 g/mol. The number of amides is 2. The van der Waals surface area contributed by atoms with E-state index in [2.05, 4.69) is 10.1 Å². The van der Waals surface area contributed by atoms with E-state index in [0.717, 1.165) is 12.1 Å². The lowest BCUT2D eigenvalue weighted by atomic mass is 10.1. The summed E-state index contributed by atoms with van der Waals surface area (Å²) in [5.74, 6) is -3.98. The van der Waals surface area contributed by atoms with E-state index in [9.17, 15) is 23.2 Å². The van der Waals surface area contributed by atoms with Gasteiger partial charge in [0, 0.05) is 6.07 Å². The maximum atomic E-state index is 13.4. The highest BCUT2D eigenvalue weighted by Gasteiger charge is 2.22. The summed E-state index contributed by atoms with van der Waals surface area (Å²) in [5, 5.41) is 2.22. The average Bonchev–Trinajstić information content (AvgIpc) is 2.41. The van der Waals surface area contributed by atoms with Crippen LogP contribution in [0.25, 0.3) is 0 Å². The van der Waals surface area contributed by atoms with Crippen molar-refractivity contribution < 1.29 is 27.9 Å². The largest absolute Gasteiger partial charge is 0.466 e. The fourth-order valence-corrected chi connectivity index (χ4v) is 1.69. The Morgan fingerprint density at radius 3 is 2.55 bits per heavy atom. The zero-order chi connectivity index (χ0) is 16.7. The van der Waals surface area contributed by atoms with Crippen molar-refractivity contribution in [3.63, 3.8) is 0 Å². The Balaban J connectivity index is 2.67. The van der Waals surface area contributed by atoms with Crippen LogP contribution >= 0.6 is 0 Å². The maximum Gasteiger partial charge on any atom is 0.308 e. The van der Waals surface area contributed by atoms with Crippen LogP contribution in [0.1, 0.15) is 18.9 Å². The highest BCUT2D eigenvalue weighted by molar-refractivity contribution is 5.90. The van der Waals surface area contributed by atoms with Gasteiger partial charge in [-0.3, -0.25) is 14.4 Å². The molecule has 0 aliphatic rings. The molecule has 1 aromatic carbocycles. The predicted octanol–water partition coefficient (Wildman–Crippen LogP) is 0.431. The second-order valence-corrected chi connectivity index (χ2v) is 4.44. The molecule has 22 heavy (non-hydrogen) atoms. The molecule has 0 saturated heterocycles. The molecule has 120 valence electrons. The fraction of sp³-hybridized carbons (Fsp3) is 0.357. The van der Waals surface area contributed by atoms with Gasteiger partial charge in [0.2, 0.25) is 11.8 Å². The molecule has 6 nitrogen and oxygen atoms in total. The summed E-state index contributed by atoms with van der Waals surface area (Å²) < 4.78 is 30.9. The summed E-state index contributed by atoms with van der Waals surface area (Å²) in [6.45, 7) is 1.71. The molecule has 2 amide bonds. The van der Waals surface area contributed by atoms with Gasteiger partial charge in [-0.25, -0.2) is 8.78 Å². The van der Waals surface area contributed by atoms with E-state index in [0.29, 0.717) is 6.07 Å². The average molecular weight is 314 g/mol. The number of hydrogen-bond acceptors (Lipinski definition) is 4. The number of ether oxygens (including phenoxy) is 1. The Morgan fingerprint density at radius 2 is 2.00 bits per heavy atom. The van der Waals surface area contributed by atoms with Crippen LogP contribution < -0.4 is 11.1 Å². The molecule has 0 saturated carbocycles. The van der Waals surface area contributed by atoms with Crippen LogP contribution in [0.15, 0.2) is 18.2 Å². The molecule has 0 fully saturated rings. The summed E-state index contributed by atoms with van der Waals surface area (Å²) in [6.07, 6.45) is -0.834. The summed E-state index contributed by atoms with van der Waals surface area (Å²) >= 11 is 0. The minimum Gasteiger partial charge on any atom is -0.466 e. The molecule has 3 N–H and O–H groups in total. The lowest BCUT2D eigenvalue weighted by Crippen LogP contribution is -2.46.